The van der Waals surface area contributed by atoms with Gasteiger partial charge in [-0.15, -0.1) is 0 Å². The fourth-order valence-corrected chi connectivity index (χ4v) is 12.2. The van der Waals surface area contributed by atoms with Crippen molar-refractivity contribution >= 4 is 27.2 Å². The average molecular weight is 1630 g/mol. The largest absolute Gasteiger partial charge is 0.437 e. The van der Waals surface area contributed by atoms with Gasteiger partial charge in [0.15, 0.2) is 0 Å². The number of hydrogen-bond donors (Lipinski definition) is 5. The van der Waals surface area contributed by atoms with Gasteiger partial charge in [-0.3, -0.25) is 9.80 Å². The molecule has 6 aromatic carbocycles. The molecule has 4 saturated heterocycles. The minimum absolute atomic E-state index is 0.0160. The summed E-state index contributed by atoms with van der Waals surface area (Å²) >= 11 is 0. The number of alkyl halides is 18. The molecule has 0 amide bonds. The second-order valence-corrected chi connectivity index (χ2v) is 27.4. The molecule has 36 heteroatoms. The number of benzene rings is 6. The number of aliphatic hydroxyl groups is 1. The number of piperazine rings is 3. The van der Waals surface area contributed by atoms with E-state index in [0.717, 1.165) is 128 Å². The molecule has 0 spiro atoms. The number of nitrogens with one attached hydrogen (secondary N) is 1. The number of ether oxygens (including phenoxy) is 5. The van der Waals surface area contributed by atoms with E-state index in [1.54, 1.807) is 35.0 Å². The van der Waals surface area contributed by atoms with Crippen LogP contribution in [0.2, 0.25) is 20.5 Å². The fraction of sp³-hybridized carbons (Fsp3) is 0.506. The Balaban J connectivity index is 0.000000284. The molecular weight excluding hydrogens is 1530 g/mol. The topological polar surface area (TPSA) is 159 Å². The molecule has 0 aliphatic carbocycles. The second kappa shape index (κ2) is 45.8. The Bertz CT molecular complexity index is 3480. The minimum Gasteiger partial charge on any atom is -0.437 e. The molecule has 5 N–H and O–H groups in total. The summed E-state index contributed by atoms with van der Waals surface area (Å²) in [5, 5.41) is 41.4. The van der Waals surface area contributed by atoms with Crippen LogP contribution in [0, 0.1) is 0 Å². The van der Waals surface area contributed by atoms with Crippen LogP contribution in [0.1, 0.15) is 125 Å². The van der Waals surface area contributed by atoms with Crippen LogP contribution in [-0.2, 0) is 60.7 Å². The second-order valence-electron chi connectivity index (χ2n) is 27.4. The lowest BCUT2D eigenvalue weighted by Crippen LogP contribution is -2.57. The van der Waals surface area contributed by atoms with Crippen molar-refractivity contribution in [3.63, 3.8) is 0 Å². The fourth-order valence-electron chi connectivity index (χ4n) is 12.2. The van der Waals surface area contributed by atoms with E-state index in [-0.39, 0.29) is 49.8 Å². The van der Waals surface area contributed by atoms with Crippen molar-refractivity contribution < 1.29 is 123 Å². The molecule has 4 heterocycles. The molecule has 15 nitrogen and oxygen atoms in total. The zero-order chi connectivity index (χ0) is 85.0. The summed E-state index contributed by atoms with van der Waals surface area (Å²) < 4.78 is 247. The Labute approximate surface area is 650 Å². The number of methoxy groups -OCH3 is 4. The third-order valence-electron chi connectivity index (χ3n) is 18.7. The van der Waals surface area contributed by atoms with Crippen LogP contribution in [0.3, 0.4) is 0 Å². The minimum atomic E-state index is -4.34. The highest BCUT2D eigenvalue weighted by atomic mass is 19.4. The highest BCUT2D eigenvalue weighted by molar-refractivity contribution is 6.45. The van der Waals surface area contributed by atoms with Gasteiger partial charge in [0.25, 0.3) is 0 Å². The summed E-state index contributed by atoms with van der Waals surface area (Å²) in [7, 11) is 4.88. The van der Waals surface area contributed by atoms with Gasteiger partial charge < -0.3 is 63.6 Å². The highest BCUT2D eigenvalue weighted by Gasteiger charge is 2.39. The van der Waals surface area contributed by atoms with Gasteiger partial charge in [-0.1, -0.05) is 92.4 Å². The molecule has 4 fully saturated rings. The summed E-state index contributed by atoms with van der Waals surface area (Å²) in [5.41, 5.74) is 0.496. The van der Waals surface area contributed by atoms with E-state index in [0.29, 0.717) is 69.8 Å². The summed E-state index contributed by atoms with van der Waals surface area (Å²) in [4.78, 5) is 10.5. The normalized spacial score (nSPS) is 19.1. The van der Waals surface area contributed by atoms with Gasteiger partial charge in [0.05, 0.1) is 78.5 Å². The van der Waals surface area contributed by atoms with Crippen LogP contribution in [0.15, 0.2) is 152 Å². The first-order valence-corrected chi connectivity index (χ1v) is 36.1. The lowest BCUT2D eigenvalue weighted by molar-refractivity contribution is -0.138. The van der Waals surface area contributed by atoms with Crippen molar-refractivity contribution in [2.24, 2.45) is 0 Å². The molecule has 0 aromatic heterocycles. The predicted octanol–water partition coefficient (Wildman–Crippen LogP) is 16.4. The Morgan fingerprint density at radius 2 is 0.726 bits per heavy atom. The van der Waals surface area contributed by atoms with Crippen molar-refractivity contribution in [1.82, 2.24) is 29.5 Å². The van der Waals surface area contributed by atoms with E-state index in [2.05, 4.69) is 52.0 Å². The third kappa shape index (κ3) is 33.9. The first-order chi connectivity index (χ1) is 52.7. The van der Waals surface area contributed by atoms with E-state index >= 15 is 0 Å². The van der Waals surface area contributed by atoms with Gasteiger partial charge >= 0.3 is 58.2 Å². The van der Waals surface area contributed by atoms with Crippen LogP contribution < -0.4 is 5.32 Å². The Kier molecular flexibility index (Phi) is 40.0. The summed E-state index contributed by atoms with van der Waals surface area (Å²) in [6, 6.07) is 30.7. The van der Waals surface area contributed by atoms with Crippen molar-refractivity contribution in [3.8, 4) is 0 Å². The van der Waals surface area contributed by atoms with Crippen molar-refractivity contribution in [2.75, 3.05) is 120 Å². The summed E-state index contributed by atoms with van der Waals surface area (Å²) in [6.07, 6.45) is -25.1. The molecule has 628 valence electrons. The van der Waals surface area contributed by atoms with E-state index in [1.165, 1.54) is 86.0 Å². The first-order valence-electron chi connectivity index (χ1n) is 36.1. The highest BCUT2D eigenvalue weighted by Crippen LogP contribution is 2.38. The maximum absolute atomic E-state index is 12.7. The first kappa shape index (κ1) is 98.8. The number of nitrogens with zero attached hydrogens (tertiary/aromatic N) is 5. The summed E-state index contributed by atoms with van der Waals surface area (Å²) in [5.74, 6) is 0.109. The molecular formula is C77H101B3F18N6O9. The third-order valence-corrected chi connectivity index (χ3v) is 18.7. The molecule has 4 aliphatic rings. The lowest BCUT2D eigenvalue weighted by atomic mass is 9.83. The van der Waals surface area contributed by atoms with Crippen molar-refractivity contribution in [2.45, 2.75) is 134 Å². The molecule has 113 heavy (non-hydrogen) atoms. The van der Waals surface area contributed by atoms with E-state index in [4.69, 9.17) is 18.9 Å². The number of halogens is 18. The van der Waals surface area contributed by atoms with Crippen LogP contribution in [0.4, 0.5) is 79.0 Å². The quantitative estimate of drug-likeness (QED) is 0.0296. The monoisotopic (exact) mass is 1630 g/mol. The van der Waals surface area contributed by atoms with Crippen LogP contribution in [-0.4, -0.2) is 204 Å². The van der Waals surface area contributed by atoms with Crippen LogP contribution >= 0.6 is 0 Å². The zero-order valence-electron chi connectivity index (χ0n) is 64.8. The average Bonchev–Trinajstić information content (AvgIpc) is 1.19. The zero-order valence-corrected chi connectivity index (χ0v) is 64.8. The molecule has 10 rings (SSSR count). The number of rotatable bonds is 19. The molecule has 8 atom stereocenters. The van der Waals surface area contributed by atoms with Gasteiger partial charge in [0.2, 0.25) is 0 Å². The van der Waals surface area contributed by atoms with Gasteiger partial charge in [0, 0.05) is 111 Å². The van der Waals surface area contributed by atoms with Gasteiger partial charge in [-0.2, -0.15) is 79.0 Å². The van der Waals surface area contributed by atoms with Crippen molar-refractivity contribution in [3.05, 3.63) is 219 Å². The SMILES string of the molecule is C=Cc1ccc(C(F)(F)F)cc1.CB(O)N1CCN[C@@H](C)C1.COCC(C)c1ccc(C(F)(F)F)cc1.COCC(O)c1ccc(C(F)(F)F)cc1.COC[C@@H](c1ccc(C(F)(F)F)cc1)N1CCN(B(C)O)C[C@@H]1C.COC[C@H](c1ccc(C(F)(F)F)cc1)N1CCN(B(C)O)C[C@@H]1C.FC(F)(F)c1ccc(C2CO2)cc1. The molecule has 4 aliphatic heterocycles. The van der Waals surface area contributed by atoms with Crippen molar-refractivity contribution in [1.29, 1.82) is 0 Å². The standard InChI is InChI=1S/2C16H24BF3N2O2.C11H13F3O.C10H11F3O2.C9H7F3O.C9H7F3.C6H15BN2O/c2*1-12-10-21(17(2)23)8-9-22(12)15(11-24-3)13-4-6-14(7-5-13)16(18,19)20;1-8(7-15-2)9-3-5-10(6-4-9)11(12,13)14;1-15-6-9(14)7-2-4-8(5-3-7)10(11,12)13;10-9(11,12)7-3-1-6(2-4-7)8-5-13-8;1-2-7-3-5-8(6-4-7)9(10,11)12;1-6-5-9(7(2)10)4-3-8-6/h2*4-7,12,15,23H,8-11H2,1-3H3;3-6,8H,7H2,1-2H3;2-5,9,14H,6H2,1H3;1-4,8H,5H2;2-6H,1H2;6,8,10H,3-5H2,1-2H3/t12-,15+;12-,15-;;;;;6-/m00....0/s1. The maximum Gasteiger partial charge on any atom is 0.416 e. The lowest BCUT2D eigenvalue weighted by Gasteiger charge is -2.44. The van der Waals surface area contributed by atoms with E-state index in [9.17, 15) is 99.2 Å². The number of hydrogen-bond acceptors (Lipinski definition) is 15. The Morgan fingerprint density at radius 1 is 0.434 bits per heavy atom. The predicted molar refractivity (Wildman–Crippen MR) is 400 cm³/mol. The molecule has 0 radical (unpaired) electrons. The number of aliphatic hydroxyl groups excluding tert-OH is 1. The molecule has 0 bridgehead atoms. The van der Waals surface area contributed by atoms with Crippen LogP contribution in [0.5, 0.6) is 0 Å². The van der Waals surface area contributed by atoms with Gasteiger partial charge in [-0.25, -0.2) is 0 Å². The Hall–Kier alpha value is -6.61. The van der Waals surface area contributed by atoms with E-state index < -0.39 is 90.6 Å². The Morgan fingerprint density at radius 3 is 0.991 bits per heavy atom. The molecule has 0 saturated carbocycles. The molecule has 6 aromatic rings. The van der Waals surface area contributed by atoms with Gasteiger partial charge in [0.1, 0.15) is 12.2 Å². The van der Waals surface area contributed by atoms with Gasteiger partial charge in [-0.05, 0) is 147 Å². The summed E-state index contributed by atoms with van der Waals surface area (Å²) in [6.45, 7) is 26.1. The molecule has 3 unspecified atom stereocenters. The smallest absolute Gasteiger partial charge is 0.416 e. The number of epoxide rings is 1. The van der Waals surface area contributed by atoms with Crippen LogP contribution in [0.25, 0.3) is 6.08 Å². The maximum atomic E-state index is 12.7. The van der Waals surface area contributed by atoms with E-state index in [1.807, 2.05) is 23.4 Å².